The van der Waals surface area contributed by atoms with E-state index in [1.807, 2.05) is 12.3 Å². The van der Waals surface area contributed by atoms with Crippen LogP contribution in [0.4, 0.5) is 11.4 Å². The molecule has 17 heavy (non-hydrogen) atoms. The normalized spacial score (nSPS) is 13.2. The molecule has 4 heteroatoms. The summed E-state index contributed by atoms with van der Waals surface area (Å²) in [6.45, 7) is 2.77. The number of likely N-dealkylation sites (N-methyl/N-ethyl adjacent to an activating group) is 2. The molecule has 0 bridgehead atoms. The Kier molecular flexibility index (Phi) is 3.33. The second-order valence-electron chi connectivity index (χ2n) is 4.80. The van der Waals surface area contributed by atoms with Gasteiger partial charge >= 0.3 is 0 Å². The molecule has 1 aromatic carbocycles. The van der Waals surface area contributed by atoms with Gasteiger partial charge in [-0.15, -0.1) is 0 Å². The molecule has 2 N–H and O–H groups in total. The topological polar surface area (TPSA) is 44.9 Å². The highest BCUT2D eigenvalue weighted by molar-refractivity contribution is 5.88. The molecule has 92 valence electrons. The van der Waals surface area contributed by atoms with E-state index in [0.717, 1.165) is 36.6 Å². The summed E-state index contributed by atoms with van der Waals surface area (Å²) >= 11 is 0. The first-order valence-corrected chi connectivity index (χ1v) is 5.86. The predicted molar refractivity (Wildman–Crippen MR) is 74.0 cm³/mol. The maximum atomic E-state index is 6.08. The van der Waals surface area contributed by atoms with E-state index in [1.54, 1.807) is 0 Å². The highest BCUT2D eigenvalue weighted by Crippen LogP contribution is 2.28. The number of nitrogen functional groups attached to an aromatic ring is 1. The average molecular weight is 232 g/mol. The van der Waals surface area contributed by atoms with Crippen LogP contribution in [-0.2, 0) is 6.54 Å². The van der Waals surface area contributed by atoms with E-state index >= 15 is 0 Å². The maximum Gasteiger partial charge on any atom is 0.0647 e. The Labute approximate surface area is 103 Å². The van der Waals surface area contributed by atoms with Crippen molar-refractivity contribution in [3.05, 3.63) is 23.3 Å². The van der Waals surface area contributed by atoms with Gasteiger partial charge in [-0.25, -0.2) is 0 Å². The second-order valence-corrected chi connectivity index (χ2v) is 4.80. The van der Waals surface area contributed by atoms with Crippen molar-refractivity contribution in [3.63, 3.8) is 0 Å². The second kappa shape index (κ2) is 4.75. The molecular weight excluding hydrogens is 212 g/mol. The van der Waals surface area contributed by atoms with Crippen LogP contribution in [0.3, 0.4) is 0 Å². The van der Waals surface area contributed by atoms with Gasteiger partial charge < -0.3 is 15.5 Å². The van der Waals surface area contributed by atoms with Crippen molar-refractivity contribution < 1.29 is 0 Å². The van der Waals surface area contributed by atoms with E-state index in [9.17, 15) is 0 Å². The lowest BCUT2D eigenvalue weighted by molar-refractivity contribution is 0.416. The Morgan fingerprint density at radius 2 is 2.00 bits per heavy atom. The van der Waals surface area contributed by atoms with E-state index in [-0.39, 0.29) is 0 Å². The lowest BCUT2D eigenvalue weighted by Gasteiger charge is -2.23. The lowest BCUT2D eigenvalue weighted by atomic mass is 10.1. The molecule has 0 aliphatic carbocycles. The number of hydrogen-bond donors (Lipinski definition) is 1. The Morgan fingerprint density at radius 1 is 1.24 bits per heavy atom. The van der Waals surface area contributed by atoms with Crippen LogP contribution >= 0.6 is 0 Å². The van der Waals surface area contributed by atoms with Crippen LogP contribution in [0.25, 0.3) is 0 Å². The molecule has 1 aliphatic rings. The minimum atomic E-state index is 0.782. The van der Waals surface area contributed by atoms with Gasteiger partial charge in [0.1, 0.15) is 0 Å². The van der Waals surface area contributed by atoms with Crippen LogP contribution < -0.4 is 10.6 Å². The molecule has 0 fully saturated rings. The van der Waals surface area contributed by atoms with Gasteiger partial charge in [0.2, 0.25) is 0 Å². The average Bonchev–Trinajstić information content (AvgIpc) is 2.71. The summed E-state index contributed by atoms with van der Waals surface area (Å²) in [6.07, 6.45) is 1.90. The largest absolute Gasteiger partial charge is 0.397 e. The summed E-state index contributed by atoms with van der Waals surface area (Å²) in [5, 5.41) is 0. The Bertz CT molecular complexity index is 437. The quantitative estimate of drug-likeness (QED) is 0.793. The van der Waals surface area contributed by atoms with Gasteiger partial charge in [-0.1, -0.05) is 0 Å². The van der Waals surface area contributed by atoms with Gasteiger partial charge in [-0.2, -0.15) is 0 Å². The third kappa shape index (κ3) is 2.58. The fourth-order valence-electron chi connectivity index (χ4n) is 1.97. The number of nitrogens with two attached hydrogens (primary N) is 1. The SMILES string of the molecule is CN(C)CCN(C)c1cc2c(cc1N)C=NC2. The smallest absolute Gasteiger partial charge is 0.0647 e. The monoisotopic (exact) mass is 232 g/mol. The number of aliphatic imine (C=N–C) groups is 1. The number of anilines is 2. The lowest BCUT2D eigenvalue weighted by Crippen LogP contribution is -2.29. The van der Waals surface area contributed by atoms with Crippen molar-refractivity contribution in [3.8, 4) is 0 Å². The molecule has 4 nitrogen and oxygen atoms in total. The van der Waals surface area contributed by atoms with Gasteiger partial charge in [0.05, 0.1) is 17.9 Å². The molecule has 0 unspecified atom stereocenters. The van der Waals surface area contributed by atoms with Crippen LogP contribution in [-0.4, -0.2) is 45.3 Å². The number of fused-ring (bicyclic) bond motifs is 1. The van der Waals surface area contributed by atoms with E-state index in [2.05, 4.69) is 42.0 Å². The van der Waals surface area contributed by atoms with Crippen molar-refractivity contribution in [1.29, 1.82) is 0 Å². The molecule has 0 saturated carbocycles. The molecule has 1 heterocycles. The zero-order chi connectivity index (χ0) is 12.4. The Balaban J connectivity index is 2.16. The summed E-state index contributed by atoms with van der Waals surface area (Å²) in [5.41, 5.74) is 10.5. The summed E-state index contributed by atoms with van der Waals surface area (Å²) in [7, 11) is 6.23. The van der Waals surface area contributed by atoms with Crippen LogP contribution in [0, 0.1) is 0 Å². The maximum absolute atomic E-state index is 6.08. The van der Waals surface area contributed by atoms with E-state index in [1.165, 1.54) is 5.56 Å². The van der Waals surface area contributed by atoms with Gasteiger partial charge in [0, 0.05) is 26.4 Å². The number of benzene rings is 1. The molecule has 0 saturated heterocycles. The summed E-state index contributed by atoms with van der Waals surface area (Å²) in [6, 6.07) is 4.18. The van der Waals surface area contributed by atoms with Crippen LogP contribution in [0.1, 0.15) is 11.1 Å². The van der Waals surface area contributed by atoms with Crippen molar-refractivity contribution in [2.75, 3.05) is 44.9 Å². The molecule has 0 radical (unpaired) electrons. The minimum absolute atomic E-state index is 0.782. The first kappa shape index (κ1) is 11.9. The molecule has 1 aliphatic heterocycles. The molecule has 0 aromatic heterocycles. The van der Waals surface area contributed by atoms with E-state index in [0.29, 0.717) is 0 Å². The zero-order valence-corrected chi connectivity index (χ0v) is 10.8. The third-order valence-corrected chi connectivity index (χ3v) is 3.07. The molecule has 0 spiro atoms. The molecule has 2 rings (SSSR count). The zero-order valence-electron chi connectivity index (χ0n) is 10.8. The van der Waals surface area contributed by atoms with E-state index in [4.69, 9.17) is 5.73 Å². The minimum Gasteiger partial charge on any atom is -0.397 e. The summed E-state index contributed by atoms with van der Waals surface area (Å²) in [5.74, 6) is 0. The van der Waals surface area contributed by atoms with Gasteiger partial charge in [-0.05, 0) is 37.4 Å². The molecule has 0 atom stereocenters. The molecular formula is C13H20N4. The summed E-state index contributed by atoms with van der Waals surface area (Å²) < 4.78 is 0. The van der Waals surface area contributed by atoms with Crippen LogP contribution in [0.5, 0.6) is 0 Å². The first-order valence-electron chi connectivity index (χ1n) is 5.86. The highest BCUT2D eigenvalue weighted by atomic mass is 15.2. The number of hydrogen-bond acceptors (Lipinski definition) is 4. The van der Waals surface area contributed by atoms with Crippen molar-refractivity contribution in [2.24, 2.45) is 4.99 Å². The number of nitrogens with zero attached hydrogens (tertiary/aromatic N) is 3. The fraction of sp³-hybridized carbons (Fsp3) is 0.462. The highest BCUT2D eigenvalue weighted by Gasteiger charge is 2.12. The van der Waals surface area contributed by atoms with Gasteiger partial charge in [0.25, 0.3) is 0 Å². The standard InChI is InChI=1S/C13H20N4/c1-16(2)4-5-17(3)13-7-11-9-15-8-10(11)6-12(13)14/h6-8H,4-5,9,14H2,1-3H3. The van der Waals surface area contributed by atoms with Crippen molar-refractivity contribution >= 4 is 17.6 Å². The van der Waals surface area contributed by atoms with E-state index < -0.39 is 0 Å². The van der Waals surface area contributed by atoms with Gasteiger partial charge in [0.15, 0.2) is 0 Å². The predicted octanol–water partition coefficient (Wildman–Crippen LogP) is 1.20. The Morgan fingerprint density at radius 3 is 2.71 bits per heavy atom. The van der Waals surface area contributed by atoms with Crippen LogP contribution in [0.15, 0.2) is 17.1 Å². The van der Waals surface area contributed by atoms with Crippen LogP contribution in [0.2, 0.25) is 0 Å². The van der Waals surface area contributed by atoms with Gasteiger partial charge in [-0.3, -0.25) is 4.99 Å². The Hall–Kier alpha value is -1.55. The van der Waals surface area contributed by atoms with Crippen molar-refractivity contribution in [2.45, 2.75) is 6.54 Å². The third-order valence-electron chi connectivity index (χ3n) is 3.07. The van der Waals surface area contributed by atoms with Crippen molar-refractivity contribution in [1.82, 2.24) is 4.90 Å². The molecule has 0 amide bonds. The summed E-state index contributed by atoms with van der Waals surface area (Å²) in [4.78, 5) is 8.63. The number of rotatable bonds is 4. The fourth-order valence-corrected chi connectivity index (χ4v) is 1.97. The molecule has 1 aromatic rings. The first-order chi connectivity index (χ1) is 8.08.